The van der Waals surface area contributed by atoms with E-state index in [-0.39, 0.29) is 11.6 Å². The molecule has 0 spiro atoms. The van der Waals surface area contributed by atoms with Crippen LogP contribution in [0.2, 0.25) is 0 Å². The maximum Gasteiger partial charge on any atom is 0.372 e. The van der Waals surface area contributed by atoms with E-state index in [0.29, 0.717) is 27.3 Å². The van der Waals surface area contributed by atoms with Gasteiger partial charge in [0.1, 0.15) is 11.2 Å². The molecule has 0 atom stereocenters. The van der Waals surface area contributed by atoms with E-state index in [1.807, 2.05) is 0 Å². The number of carboxylic acids is 1. The summed E-state index contributed by atoms with van der Waals surface area (Å²) in [4.78, 5) is 11.1. The van der Waals surface area contributed by atoms with Crippen molar-refractivity contribution in [3.8, 4) is 0 Å². The van der Waals surface area contributed by atoms with Crippen molar-refractivity contribution in [2.75, 3.05) is 0 Å². The first kappa shape index (κ1) is 14.8. The van der Waals surface area contributed by atoms with Crippen molar-refractivity contribution >= 4 is 23.7 Å². The summed E-state index contributed by atoms with van der Waals surface area (Å²) in [5.74, 6) is -1.62. The van der Waals surface area contributed by atoms with Gasteiger partial charge in [-0.05, 0) is 37.6 Å². The number of benzene rings is 1. The first-order valence-corrected chi connectivity index (χ1v) is 6.40. The summed E-state index contributed by atoms with van der Waals surface area (Å²) in [5, 5.41) is 9.69. The van der Waals surface area contributed by atoms with Gasteiger partial charge in [0.05, 0.1) is 0 Å². The molecule has 0 unspecified atom stereocenters. The molecule has 0 bridgehead atoms. The normalized spacial score (nSPS) is 12.7. The zero-order valence-corrected chi connectivity index (χ0v) is 11.8. The van der Waals surface area contributed by atoms with E-state index in [1.165, 1.54) is 6.07 Å². The molecule has 1 aromatic carbocycles. The van der Waals surface area contributed by atoms with Crippen LogP contribution in [-0.4, -0.2) is 11.1 Å². The Morgan fingerprint density at radius 2 is 2.05 bits per heavy atom. The van der Waals surface area contributed by atoms with E-state index < -0.39 is 5.97 Å². The summed E-state index contributed by atoms with van der Waals surface area (Å²) < 4.78 is 19.1. The summed E-state index contributed by atoms with van der Waals surface area (Å²) >= 11 is 0. The minimum absolute atomic E-state index is 0.115. The molecule has 21 heavy (non-hydrogen) atoms. The fraction of sp³-hybridized carbons (Fsp3) is 0.118. The Balaban J connectivity index is 2.64. The molecule has 0 saturated carbocycles. The van der Waals surface area contributed by atoms with E-state index in [2.05, 4.69) is 6.58 Å². The van der Waals surface area contributed by atoms with Crippen LogP contribution >= 0.6 is 0 Å². The average Bonchev–Trinajstić information content (AvgIpc) is 2.76. The Labute approximate surface area is 121 Å². The van der Waals surface area contributed by atoms with Crippen molar-refractivity contribution in [2.45, 2.75) is 13.8 Å². The van der Waals surface area contributed by atoms with Gasteiger partial charge < -0.3 is 9.52 Å². The van der Waals surface area contributed by atoms with Gasteiger partial charge in [-0.1, -0.05) is 24.8 Å². The predicted molar refractivity (Wildman–Crippen MR) is 79.7 cm³/mol. The molecule has 0 fully saturated rings. The van der Waals surface area contributed by atoms with Crippen LogP contribution in [0.25, 0.3) is 17.7 Å². The number of rotatable bonds is 3. The molecule has 1 aromatic heterocycles. The summed E-state index contributed by atoms with van der Waals surface area (Å²) in [5.41, 5.74) is 1.75. The zero-order valence-electron chi connectivity index (χ0n) is 11.8. The topological polar surface area (TPSA) is 50.4 Å². The molecule has 1 heterocycles. The van der Waals surface area contributed by atoms with Crippen LogP contribution in [0, 0.1) is 12.7 Å². The molecule has 2 aromatic rings. The van der Waals surface area contributed by atoms with Gasteiger partial charge in [0.25, 0.3) is 0 Å². The molecule has 1 N–H and O–H groups in total. The summed E-state index contributed by atoms with van der Waals surface area (Å²) in [6.07, 6.45) is 3.30. The van der Waals surface area contributed by atoms with Crippen LogP contribution < -0.4 is 10.6 Å². The lowest BCUT2D eigenvalue weighted by atomic mass is 10.0. The van der Waals surface area contributed by atoms with E-state index in [0.717, 1.165) is 0 Å². The van der Waals surface area contributed by atoms with Gasteiger partial charge in [-0.15, -0.1) is 0 Å². The van der Waals surface area contributed by atoms with Crippen LogP contribution in [0.4, 0.5) is 4.39 Å². The third-order valence-electron chi connectivity index (χ3n) is 3.22. The number of carbonyl (C=O) groups is 1. The Hall–Kier alpha value is -2.62. The number of carboxylic acid groups (broad SMARTS) is 1. The van der Waals surface area contributed by atoms with Crippen molar-refractivity contribution in [3.63, 3.8) is 0 Å². The van der Waals surface area contributed by atoms with Gasteiger partial charge in [0.2, 0.25) is 5.76 Å². The van der Waals surface area contributed by atoms with Gasteiger partial charge in [0.15, 0.2) is 0 Å². The van der Waals surface area contributed by atoms with Crippen LogP contribution in [0.1, 0.15) is 28.6 Å². The van der Waals surface area contributed by atoms with Crippen molar-refractivity contribution in [1.29, 1.82) is 0 Å². The molecular formula is C17H15FO3. The third kappa shape index (κ3) is 2.79. The molecular weight excluding hydrogens is 271 g/mol. The smallest absolute Gasteiger partial charge is 0.372 e. The van der Waals surface area contributed by atoms with Gasteiger partial charge in [0, 0.05) is 16.3 Å². The van der Waals surface area contributed by atoms with Gasteiger partial charge in [-0.25, -0.2) is 9.18 Å². The van der Waals surface area contributed by atoms with E-state index in [1.54, 1.807) is 44.2 Å². The molecule has 108 valence electrons. The molecule has 0 aliphatic rings. The molecule has 0 aliphatic heterocycles. The fourth-order valence-electron chi connectivity index (χ4n) is 2.12. The highest BCUT2D eigenvalue weighted by atomic mass is 19.1. The number of halogens is 1. The van der Waals surface area contributed by atoms with Crippen molar-refractivity contribution in [1.82, 2.24) is 0 Å². The Bertz CT molecular complexity index is 828. The lowest BCUT2D eigenvalue weighted by Gasteiger charge is -2.01. The number of allylic oxidation sites excluding steroid dienone is 1. The van der Waals surface area contributed by atoms with Crippen LogP contribution in [0.5, 0.6) is 0 Å². The third-order valence-corrected chi connectivity index (χ3v) is 3.22. The maximum atomic E-state index is 13.8. The van der Waals surface area contributed by atoms with E-state index in [9.17, 15) is 9.18 Å². The molecule has 4 heteroatoms. The van der Waals surface area contributed by atoms with Crippen LogP contribution in [0.15, 0.2) is 35.3 Å². The molecule has 2 rings (SSSR count). The van der Waals surface area contributed by atoms with Gasteiger partial charge >= 0.3 is 5.97 Å². The molecule has 0 radical (unpaired) electrons. The average molecular weight is 286 g/mol. The Morgan fingerprint density at radius 1 is 1.38 bits per heavy atom. The highest BCUT2D eigenvalue weighted by molar-refractivity contribution is 5.89. The van der Waals surface area contributed by atoms with Crippen molar-refractivity contribution in [3.05, 3.63) is 64.2 Å². The number of hydrogen-bond donors (Lipinski definition) is 1. The van der Waals surface area contributed by atoms with E-state index >= 15 is 0 Å². The van der Waals surface area contributed by atoms with Crippen molar-refractivity contribution in [2.24, 2.45) is 0 Å². The number of hydrogen-bond acceptors (Lipinski definition) is 2. The van der Waals surface area contributed by atoms with Crippen molar-refractivity contribution < 1.29 is 18.7 Å². The molecule has 3 nitrogen and oxygen atoms in total. The number of furan rings is 1. The quantitative estimate of drug-likeness (QED) is 0.944. The SMILES string of the molecule is C=C(C=c1c(C)c(C(=O)O)oc1=CC)c1ccccc1F. The second kappa shape index (κ2) is 5.79. The molecule has 0 saturated heterocycles. The van der Waals surface area contributed by atoms with Crippen LogP contribution in [-0.2, 0) is 0 Å². The monoisotopic (exact) mass is 286 g/mol. The summed E-state index contributed by atoms with van der Waals surface area (Å²) in [7, 11) is 0. The Morgan fingerprint density at radius 3 is 2.62 bits per heavy atom. The molecule has 0 aliphatic carbocycles. The second-order valence-corrected chi connectivity index (χ2v) is 4.58. The lowest BCUT2D eigenvalue weighted by molar-refractivity contribution is 0.0659. The minimum atomic E-state index is -1.13. The first-order valence-electron chi connectivity index (χ1n) is 6.40. The lowest BCUT2D eigenvalue weighted by Crippen LogP contribution is -2.21. The predicted octanol–water partition coefficient (Wildman–Crippen LogP) is 2.72. The largest absolute Gasteiger partial charge is 0.475 e. The van der Waals surface area contributed by atoms with Gasteiger partial charge in [-0.3, -0.25) is 0 Å². The number of aromatic carboxylic acids is 1. The standard InChI is InChI=1S/C17H15FO3/c1-4-15-13(11(3)16(21-15)17(19)20)9-10(2)12-7-5-6-8-14(12)18/h4-9H,2H2,1,3H3,(H,19,20). The van der Waals surface area contributed by atoms with E-state index in [4.69, 9.17) is 9.52 Å². The maximum absolute atomic E-state index is 13.8. The molecule has 0 amide bonds. The van der Waals surface area contributed by atoms with Crippen LogP contribution in [0.3, 0.4) is 0 Å². The highest BCUT2D eigenvalue weighted by Crippen LogP contribution is 2.17. The zero-order chi connectivity index (χ0) is 15.6. The fourth-order valence-corrected chi connectivity index (χ4v) is 2.12. The summed E-state index contributed by atoms with van der Waals surface area (Å²) in [6.45, 7) is 7.25. The Kier molecular flexibility index (Phi) is 4.08. The minimum Gasteiger partial charge on any atom is -0.475 e. The summed E-state index contributed by atoms with van der Waals surface area (Å²) in [6, 6.07) is 6.29. The first-order chi connectivity index (χ1) is 9.95. The van der Waals surface area contributed by atoms with Gasteiger partial charge in [-0.2, -0.15) is 0 Å². The highest BCUT2D eigenvalue weighted by Gasteiger charge is 2.14. The second-order valence-electron chi connectivity index (χ2n) is 4.58.